The average molecular weight is 410 g/mol. The van der Waals surface area contributed by atoms with E-state index in [2.05, 4.69) is 5.32 Å². The first kappa shape index (κ1) is 21.8. The molecule has 0 aliphatic rings. The summed E-state index contributed by atoms with van der Waals surface area (Å²) in [6, 6.07) is 6.97. The Morgan fingerprint density at radius 1 is 1.00 bits per heavy atom. The number of rotatable bonds is 6. The zero-order valence-corrected chi connectivity index (χ0v) is 17.3. The fraction of sp³-hybridized carbons (Fsp3) is 0.350. The number of nitrogens with zero attached hydrogens (tertiary/aromatic N) is 1. The number of hydrogen-bond donors (Lipinski definition) is 1. The van der Waals surface area contributed by atoms with Gasteiger partial charge in [0, 0.05) is 6.07 Å². The number of sulfonamides is 1. The van der Waals surface area contributed by atoms with Crippen LogP contribution in [0, 0.1) is 25.5 Å². The molecule has 0 radical (unpaired) electrons. The SMILES string of the molecule is Cc1ccc([C@H](C)NC(=O)[C@H](C)N(c2ccc(F)c(F)c2)S(C)(=O)=O)cc1C. The first-order valence-corrected chi connectivity index (χ1v) is 10.6. The standard InChI is InChI=1S/C20H24F2N2O3S/c1-12-6-7-16(10-13(12)2)14(3)23-20(25)15(4)24(28(5,26)27)17-8-9-18(21)19(22)11-17/h6-11,14-15H,1-5H3,(H,23,25)/t14-,15-/m0/s1. The molecule has 0 aliphatic heterocycles. The number of anilines is 1. The molecule has 0 aliphatic carbocycles. The molecular weight excluding hydrogens is 386 g/mol. The molecule has 28 heavy (non-hydrogen) atoms. The zero-order chi connectivity index (χ0) is 21.2. The summed E-state index contributed by atoms with van der Waals surface area (Å²) in [7, 11) is -3.92. The van der Waals surface area contributed by atoms with Crippen molar-refractivity contribution in [3.63, 3.8) is 0 Å². The van der Waals surface area contributed by atoms with E-state index in [0.717, 1.165) is 45.5 Å². The predicted molar refractivity (Wildman–Crippen MR) is 106 cm³/mol. The lowest BCUT2D eigenvalue weighted by Crippen LogP contribution is -2.48. The third-order valence-corrected chi connectivity index (χ3v) is 5.88. The van der Waals surface area contributed by atoms with Crippen LogP contribution in [0.1, 0.15) is 36.6 Å². The number of carbonyl (C=O) groups is 1. The van der Waals surface area contributed by atoms with E-state index in [9.17, 15) is 22.0 Å². The van der Waals surface area contributed by atoms with E-state index in [4.69, 9.17) is 0 Å². The Hall–Kier alpha value is -2.48. The van der Waals surface area contributed by atoms with E-state index in [0.29, 0.717) is 0 Å². The molecule has 0 fully saturated rings. The first-order valence-electron chi connectivity index (χ1n) is 8.73. The van der Waals surface area contributed by atoms with E-state index in [-0.39, 0.29) is 11.7 Å². The van der Waals surface area contributed by atoms with Crippen molar-refractivity contribution in [3.05, 3.63) is 64.7 Å². The van der Waals surface area contributed by atoms with Crippen molar-refractivity contribution in [1.82, 2.24) is 5.32 Å². The van der Waals surface area contributed by atoms with Crippen LogP contribution in [-0.2, 0) is 14.8 Å². The van der Waals surface area contributed by atoms with Gasteiger partial charge in [0.15, 0.2) is 11.6 Å². The topological polar surface area (TPSA) is 66.5 Å². The Labute approximate surface area is 164 Å². The number of amides is 1. The van der Waals surface area contributed by atoms with Crippen molar-refractivity contribution in [2.45, 2.75) is 39.8 Å². The van der Waals surface area contributed by atoms with Gasteiger partial charge in [-0.25, -0.2) is 17.2 Å². The van der Waals surface area contributed by atoms with Gasteiger partial charge in [-0.1, -0.05) is 18.2 Å². The Kier molecular flexibility index (Phi) is 6.44. The largest absolute Gasteiger partial charge is 0.348 e. The molecule has 8 heteroatoms. The monoisotopic (exact) mass is 410 g/mol. The van der Waals surface area contributed by atoms with E-state index in [1.54, 1.807) is 6.92 Å². The van der Waals surface area contributed by atoms with Gasteiger partial charge in [0.05, 0.1) is 18.0 Å². The number of hydrogen-bond acceptors (Lipinski definition) is 3. The molecule has 1 amide bonds. The summed E-state index contributed by atoms with van der Waals surface area (Å²) in [6.45, 7) is 7.13. The maximum absolute atomic E-state index is 13.6. The van der Waals surface area contributed by atoms with Crippen molar-refractivity contribution >= 4 is 21.6 Å². The molecular formula is C20H24F2N2O3S. The molecule has 2 aromatic rings. The quantitative estimate of drug-likeness (QED) is 0.791. The van der Waals surface area contributed by atoms with Gasteiger partial charge < -0.3 is 5.32 Å². The maximum Gasteiger partial charge on any atom is 0.244 e. The van der Waals surface area contributed by atoms with Gasteiger partial charge in [0.1, 0.15) is 6.04 Å². The highest BCUT2D eigenvalue weighted by Gasteiger charge is 2.30. The summed E-state index contributed by atoms with van der Waals surface area (Å²) < 4.78 is 52.1. The van der Waals surface area contributed by atoms with Crippen LogP contribution >= 0.6 is 0 Å². The van der Waals surface area contributed by atoms with Crippen LogP contribution in [0.2, 0.25) is 0 Å². The Morgan fingerprint density at radius 3 is 2.18 bits per heavy atom. The molecule has 0 heterocycles. The second kappa shape index (κ2) is 8.26. The maximum atomic E-state index is 13.6. The first-order chi connectivity index (χ1) is 12.9. The molecule has 2 rings (SSSR count). The fourth-order valence-corrected chi connectivity index (χ4v) is 4.05. The molecule has 5 nitrogen and oxygen atoms in total. The van der Waals surface area contributed by atoms with Gasteiger partial charge in [-0.3, -0.25) is 9.10 Å². The predicted octanol–water partition coefficient (Wildman–Crippen LogP) is 3.61. The third kappa shape index (κ3) is 4.86. The van der Waals surface area contributed by atoms with E-state index < -0.39 is 33.6 Å². The van der Waals surface area contributed by atoms with Crippen LogP contribution in [0.15, 0.2) is 36.4 Å². The highest BCUT2D eigenvalue weighted by atomic mass is 32.2. The molecule has 0 unspecified atom stereocenters. The number of aryl methyl sites for hydroxylation is 2. The van der Waals surface area contributed by atoms with Gasteiger partial charge in [0.25, 0.3) is 0 Å². The van der Waals surface area contributed by atoms with Crippen LogP contribution in [-0.4, -0.2) is 26.6 Å². The fourth-order valence-electron chi connectivity index (χ4n) is 2.88. The summed E-state index contributed by atoms with van der Waals surface area (Å²) in [5, 5.41) is 2.78. The molecule has 2 atom stereocenters. The Bertz CT molecular complexity index is 993. The summed E-state index contributed by atoms with van der Waals surface area (Å²) in [6.07, 6.45) is 0.908. The Balaban J connectivity index is 2.28. The van der Waals surface area contributed by atoms with E-state index in [1.165, 1.54) is 6.92 Å². The summed E-state index contributed by atoms with van der Waals surface area (Å²) >= 11 is 0. The van der Waals surface area contributed by atoms with Crippen molar-refractivity contribution in [2.24, 2.45) is 0 Å². The lowest BCUT2D eigenvalue weighted by Gasteiger charge is -2.29. The second-order valence-electron chi connectivity index (χ2n) is 6.91. The number of halogens is 2. The summed E-state index contributed by atoms with van der Waals surface area (Å²) in [5.74, 6) is -2.85. The zero-order valence-electron chi connectivity index (χ0n) is 16.5. The van der Waals surface area contributed by atoms with Crippen LogP contribution in [0.5, 0.6) is 0 Å². The molecule has 0 bridgehead atoms. The minimum Gasteiger partial charge on any atom is -0.348 e. The Morgan fingerprint density at radius 2 is 1.64 bits per heavy atom. The normalized spacial score (nSPS) is 13.7. The minimum absolute atomic E-state index is 0.122. The number of nitrogens with one attached hydrogen (secondary N) is 1. The smallest absolute Gasteiger partial charge is 0.244 e. The lowest BCUT2D eigenvalue weighted by atomic mass is 10.0. The van der Waals surface area contributed by atoms with Gasteiger partial charge in [0.2, 0.25) is 15.9 Å². The average Bonchev–Trinajstić information content (AvgIpc) is 2.59. The lowest BCUT2D eigenvalue weighted by molar-refractivity contribution is -0.122. The molecule has 1 N–H and O–H groups in total. The van der Waals surface area contributed by atoms with Crippen molar-refractivity contribution in [2.75, 3.05) is 10.6 Å². The summed E-state index contributed by atoms with van der Waals surface area (Å²) in [5.41, 5.74) is 2.95. The van der Waals surface area contributed by atoms with Gasteiger partial charge in [-0.2, -0.15) is 0 Å². The van der Waals surface area contributed by atoms with Gasteiger partial charge in [-0.15, -0.1) is 0 Å². The van der Waals surface area contributed by atoms with Crippen LogP contribution in [0.3, 0.4) is 0 Å². The molecule has 0 saturated heterocycles. The molecule has 0 aromatic heterocycles. The van der Waals surface area contributed by atoms with E-state index in [1.807, 2.05) is 32.0 Å². The van der Waals surface area contributed by atoms with Crippen LogP contribution in [0.25, 0.3) is 0 Å². The van der Waals surface area contributed by atoms with Crippen molar-refractivity contribution in [1.29, 1.82) is 0 Å². The van der Waals surface area contributed by atoms with Gasteiger partial charge >= 0.3 is 0 Å². The molecule has 0 spiro atoms. The van der Waals surface area contributed by atoms with E-state index >= 15 is 0 Å². The molecule has 152 valence electrons. The highest BCUT2D eigenvalue weighted by molar-refractivity contribution is 7.92. The van der Waals surface area contributed by atoms with Crippen molar-refractivity contribution < 1.29 is 22.0 Å². The number of carbonyl (C=O) groups excluding carboxylic acids is 1. The molecule has 0 saturated carbocycles. The minimum atomic E-state index is -3.92. The van der Waals surface area contributed by atoms with Crippen molar-refractivity contribution in [3.8, 4) is 0 Å². The van der Waals surface area contributed by atoms with Crippen LogP contribution in [0.4, 0.5) is 14.5 Å². The second-order valence-corrected chi connectivity index (χ2v) is 8.77. The summed E-state index contributed by atoms with van der Waals surface area (Å²) in [4.78, 5) is 12.7. The third-order valence-electron chi connectivity index (χ3n) is 4.64. The number of benzene rings is 2. The van der Waals surface area contributed by atoms with Gasteiger partial charge in [-0.05, 0) is 56.5 Å². The highest BCUT2D eigenvalue weighted by Crippen LogP contribution is 2.24. The molecule has 2 aromatic carbocycles. The van der Waals surface area contributed by atoms with Crippen LogP contribution < -0.4 is 9.62 Å².